The number of aromatic nitrogens is 1. The Labute approximate surface area is 177 Å². The van der Waals surface area contributed by atoms with Gasteiger partial charge in [0, 0.05) is 37.3 Å². The van der Waals surface area contributed by atoms with Crippen molar-refractivity contribution in [1.82, 2.24) is 15.2 Å². The van der Waals surface area contributed by atoms with Crippen LogP contribution in [0.4, 0.5) is 0 Å². The third kappa shape index (κ3) is 4.69. The molecule has 1 amide bonds. The molecule has 30 heavy (non-hydrogen) atoms. The maximum absolute atomic E-state index is 12.8. The quantitative estimate of drug-likeness (QED) is 0.687. The number of para-hydroxylation sites is 1. The molecule has 5 heteroatoms. The molecule has 2 fully saturated rings. The molecule has 1 aromatic heterocycles. The molecular weight excluding hydrogens is 374 g/mol. The van der Waals surface area contributed by atoms with Gasteiger partial charge in [-0.1, -0.05) is 54.6 Å². The molecule has 0 unspecified atom stereocenters. The lowest BCUT2D eigenvalue weighted by molar-refractivity contribution is -0.124. The predicted octanol–water partition coefficient (Wildman–Crippen LogP) is 3.13. The highest BCUT2D eigenvalue weighted by Gasteiger charge is 2.51. The second-order valence-corrected chi connectivity index (χ2v) is 8.40. The Hall–Kier alpha value is -2.76. The standard InChI is InChI=1S/C19H23N3O2.C6H6/c1-13(10-22-11-16(23)12-22)21-18(24)19(6-7-19)15-8-14-4-2-3-5-17(14)20-9-15;1-2-4-6-5-3-1/h2-5,8-9,13,16,23H,6-7,10-12H2,1H3,(H,21,24);1-6H/t13-;/m0./s1. The van der Waals surface area contributed by atoms with Gasteiger partial charge >= 0.3 is 0 Å². The average molecular weight is 404 g/mol. The molecular formula is C25H29N3O2. The summed E-state index contributed by atoms with van der Waals surface area (Å²) < 4.78 is 0. The predicted molar refractivity (Wildman–Crippen MR) is 119 cm³/mol. The number of fused-ring (bicyclic) bond motifs is 1. The number of rotatable bonds is 5. The molecule has 2 N–H and O–H groups in total. The second kappa shape index (κ2) is 8.94. The van der Waals surface area contributed by atoms with Crippen molar-refractivity contribution in [2.24, 2.45) is 0 Å². The van der Waals surface area contributed by atoms with E-state index in [-0.39, 0.29) is 18.1 Å². The van der Waals surface area contributed by atoms with Crippen molar-refractivity contribution in [3.8, 4) is 0 Å². The van der Waals surface area contributed by atoms with Crippen LogP contribution in [0, 0.1) is 0 Å². The third-order valence-corrected chi connectivity index (χ3v) is 5.84. The van der Waals surface area contributed by atoms with Crippen LogP contribution in [0.2, 0.25) is 0 Å². The van der Waals surface area contributed by atoms with Crippen LogP contribution in [0.15, 0.2) is 72.9 Å². The molecule has 3 aromatic rings. The van der Waals surface area contributed by atoms with Crippen molar-refractivity contribution in [2.45, 2.75) is 37.3 Å². The zero-order chi connectivity index (χ0) is 21.0. The van der Waals surface area contributed by atoms with Crippen molar-refractivity contribution in [3.63, 3.8) is 0 Å². The number of carbonyl (C=O) groups is 1. The summed E-state index contributed by atoms with van der Waals surface area (Å²) in [5.41, 5.74) is 1.58. The van der Waals surface area contributed by atoms with Gasteiger partial charge in [0.1, 0.15) is 0 Å². The average Bonchev–Trinajstić information content (AvgIpc) is 3.56. The fraction of sp³-hybridized carbons (Fsp3) is 0.360. The van der Waals surface area contributed by atoms with Crippen LogP contribution in [-0.2, 0) is 10.2 Å². The summed E-state index contributed by atoms with van der Waals surface area (Å²) >= 11 is 0. The van der Waals surface area contributed by atoms with Crippen LogP contribution in [0.5, 0.6) is 0 Å². The lowest BCUT2D eigenvalue weighted by atomic mass is 9.95. The van der Waals surface area contributed by atoms with Crippen LogP contribution >= 0.6 is 0 Å². The molecule has 2 aromatic carbocycles. The summed E-state index contributed by atoms with van der Waals surface area (Å²) in [4.78, 5) is 19.5. The number of β-amino-alcohol motifs (C(OH)–C–C–N with tert-alkyl or cyclic N) is 1. The zero-order valence-electron chi connectivity index (χ0n) is 17.4. The zero-order valence-corrected chi connectivity index (χ0v) is 17.4. The van der Waals surface area contributed by atoms with Gasteiger partial charge in [-0.2, -0.15) is 0 Å². The minimum Gasteiger partial charge on any atom is -0.390 e. The lowest BCUT2D eigenvalue weighted by Gasteiger charge is -2.37. The number of amides is 1. The van der Waals surface area contributed by atoms with Crippen LogP contribution < -0.4 is 5.32 Å². The maximum atomic E-state index is 12.8. The number of nitrogens with one attached hydrogen (secondary N) is 1. The Morgan fingerprint density at radius 1 is 1.13 bits per heavy atom. The number of benzene rings is 2. The van der Waals surface area contributed by atoms with Gasteiger partial charge in [0.05, 0.1) is 17.0 Å². The summed E-state index contributed by atoms with van der Waals surface area (Å²) in [5, 5.41) is 13.6. The number of hydrogen-bond donors (Lipinski definition) is 2. The Balaban J connectivity index is 0.000000313. The van der Waals surface area contributed by atoms with Crippen molar-refractivity contribution in [3.05, 3.63) is 78.5 Å². The van der Waals surface area contributed by atoms with E-state index in [2.05, 4.69) is 21.3 Å². The van der Waals surface area contributed by atoms with E-state index in [4.69, 9.17) is 0 Å². The first-order valence-corrected chi connectivity index (χ1v) is 10.6. The minimum absolute atomic E-state index is 0.0795. The molecule has 0 spiro atoms. The van der Waals surface area contributed by atoms with Gasteiger partial charge < -0.3 is 10.4 Å². The van der Waals surface area contributed by atoms with Crippen LogP contribution in [0.25, 0.3) is 10.9 Å². The van der Waals surface area contributed by atoms with Crippen molar-refractivity contribution in [1.29, 1.82) is 0 Å². The molecule has 5 nitrogen and oxygen atoms in total. The molecule has 0 radical (unpaired) electrons. The maximum Gasteiger partial charge on any atom is 0.230 e. The molecule has 1 aliphatic carbocycles. The first-order chi connectivity index (χ1) is 14.6. The normalized spacial score (nSPS) is 18.6. The highest BCUT2D eigenvalue weighted by molar-refractivity contribution is 5.92. The Kier molecular flexibility index (Phi) is 6.11. The molecule has 156 valence electrons. The highest BCUT2D eigenvalue weighted by atomic mass is 16.3. The van der Waals surface area contributed by atoms with Gasteiger partial charge in [0.25, 0.3) is 0 Å². The first kappa shape index (κ1) is 20.5. The van der Waals surface area contributed by atoms with Crippen LogP contribution in [0.3, 0.4) is 0 Å². The van der Waals surface area contributed by atoms with E-state index < -0.39 is 5.41 Å². The molecule has 1 saturated carbocycles. The van der Waals surface area contributed by atoms with Gasteiger partial charge in [-0.25, -0.2) is 0 Å². The monoisotopic (exact) mass is 403 g/mol. The summed E-state index contributed by atoms with van der Waals surface area (Å²) in [6.45, 7) is 4.23. The fourth-order valence-electron chi connectivity index (χ4n) is 3.98. The van der Waals surface area contributed by atoms with E-state index in [9.17, 15) is 9.90 Å². The topological polar surface area (TPSA) is 65.5 Å². The molecule has 1 saturated heterocycles. The minimum atomic E-state index is -0.403. The summed E-state index contributed by atoms with van der Waals surface area (Å²) in [5.74, 6) is 0.105. The van der Waals surface area contributed by atoms with Crippen molar-refractivity contribution in [2.75, 3.05) is 19.6 Å². The molecule has 5 rings (SSSR count). The third-order valence-electron chi connectivity index (χ3n) is 5.84. The Bertz CT molecular complexity index is 955. The number of aliphatic hydroxyl groups excluding tert-OH is 1. The number of carbonyl (C=O) groups excluding carboxylic acids is 1. The number of aliphatic hydroxyl groups is 1. The largest absolute Gasteiger partial charge is 0.390 e. The number of nitrogens with zero attached hydrogens (tertiary/aromatic N) is 2. The summed E-state index contributed by atoms with van der Waals surface area (Å²) in [6, 6.07) is 22.2. The van der Waals surface area contributed by atoms with Gasteiger partial charge in [-0.15, -0.1) is 0 Å². The fourth-order valence-corrected chi connectivity index (χ4v) is 3.98. The second-order valence-electron chi connectivity index (χ2n) is 8.40. The van der Waals surface area contributed by atoms with E-state index in [1.165, 1.54) is 0 Å². The summed E-state index contributed by atoms with van der Waals surface area (Å²) in [6.07, 6.45) is 3.42. The van der Waals surface area contributed by atoms with E-state index in [0.29, 0.717) is 13.1 Å². The van der Waals surface area contributed by atoms with E-state index in [0.717, 1.165) is 35.9 Å². The Morgan fingerprint density at radius 3 is 2.37 bits per heavy atom. The lowest BCUT2D eigenvalue weighted by Crippen LogP contribution is -2.55. The van der Waals surface area contributed by atoms with Crippen molar-refractivity contribution < 1.29 is 9.90 Å². The number of likely N-dealkylation sites (tertiary alicyclic amines) is 1. The first-order valence-electron chi connectivity index (χ1n) is 10.6. The van der Waals surface area contributed by atoms with E-state index >= 15 is 0 Å². The molecule has 2 heterocycles. The molecule has 2 aliphatic rings. The summed E-state index contributed by atoms with van der Waals surface area (Å²) in [7, 11) is 0. The van der Waals surface area contributed by atoms with Gasteiger partial charge in [-0.05, 0) is 37.5 Å². The smallest absolute Gasteiger partial charge is 0.230 e. The van der Waals surface area contributed by atoms with Crippen LogP contribution in [0.1, 0.15) is 25.3 Å². The molecule has 0 bridgehead atoms. The Morgan fingerprint density at radius 2 is 1.77 bits per heavy atom. The van der Waals surface area contributed by atoms with Crippen molar-refractivity contribution >= 4 is 16.8 Å². The number of pyridine rings is 1. The highest BCUT2D eigenvalue weighted by Crippen LogP contribution is 2.48. The SMILES string of the molecule is C[C@@H](CN1CC(O)C1)NC(=O)C1(c2cnc3ccccc3c2)CC1.c1ccccc1. The molecule has 1 aliphatic heterocycles. The van der Waals surface area contributed by atoms with E-state index in [1.807, 2.05) is 73.8 Å². The van der Waals surface area contributed by atoms with Gasteiger partial charge in [0.2, 0.25) is 5.91 Å². The molecule has 1 atom stereocenters. The number of hydrogen-bond acceptors (Lipinski definition) is 4. The van der Waals surface area contributed by atoms with Crippen LogP contribution in [-0.4, -0.2) is 52.7 Å². The van der Waals surface area contributed by atoms with E-state index in [1.54, 1.807) is 0 Å². The van der Waals surface area contributed by atoms with Gasteiger partial charge in [-0.3, -0.25) is 14.7 Å². The van der Waals surface area contributed by atoms with Gasteiger partial charge in [0.15, 0.2) is 0 Å².